The topological polar surface area (TPSA) is 169 Å². The first kappa shape index (κ1) is 35.0. The van der Waals surface area contributed by atoms with Gasteiger partial charge in [-0.15, -0.1) is 0 Å². The molecule has 0 radical (unpaired) electrons. The van der Waals surface area contributed by atoms with E-state index in [1.54, 1.807) is 41.5 Å². The number of carboxylic acids is 1. The molecule has 13 heteroatoms. The summed E-state index contributed by atoms with van der Waals surface area (Å²) in [5, 5.41) is 17.1. The summed E-state index contributed by atoms with van der Waals surface area (Å²) >= 11 is 0. The Morgan fingerprint density at radius 2 is 1.22 bits per heavy atom. The number of halogens is 1. The summed E-state index contributed by atoms with van der Waals surface area (Å²) in [6, 6.07) is 13.5. The maximum Gasteiger partial charge on any atom is 0.412 e. The lowest BCUT2D eigenvalue weighted by Crippen LogP contribution is -2.42. The Bertz CT molecular complexity index is 1590. The second-order valence-corrected chi connectivity index (χ2v) is 12.1. The number of hydrogen-bond acceptors (Lipinski definition) is 8. The fourth-order valence-corrected chi connectivity index (χ4v) is 3.83. The zero-order valence-electron chi connectivity index (χ0n) is 26.2. The van der Waals surface area contributed by atoms with Gasteiger partial charge in [-0.3, -0.25) is 15.4 Å². The summed E-state index contributed by atoms with van der Waals surface area (Å²) in [6.07, 6.45) is -1.61. The molecule has 0 spiro atoms. The molecule has 0 saturated heterocycles. The molecule has 0 aliphatic heterocycles. The minimum atomic E-state index is -1.41. The van der Waals surface area contributed by atoms with Crippen LogP contribution < -0.4 is 20.7 Å². The minimum Gasteiger partial charge on any atom is -0.480 e. The van der Waals surface area contributed by atoms with Gasteiger partial charge in [-0.25, -0.2) is 23.6 Å². The Hall–Kier alpha value is -5.46. The lowest BCUT2D eigenvalue weighted by molar-refractivity contribution is -0.139. The van der Waals surface area contributed by atoms with Gasteiger partial charge in [-0.05, 0) is 108 Å². The number of benzene rings is 3. The highest BCUT2D eigenvalue weighted by atomic mass is 19.1. The third kappa shape index (κ3) is 11.2. The fraction of sp³-hybridized carbons (Fsp3) is 0.303. The standard InChI is InChI=1S/C33H36FN3O9/c1-32(2,3)45-30(42)35-22-12-8-20(9-13-22)27(38)37-25(28(39)40)18-19-7-16-26(24(34)17-19)44-29(41)21-10-14-23(15-11-21)36-31(43)46-33(4,5)6/h7-17,25H,18H2,1-6H3,(H,35,42)(H,36,43)(H,37,38)(H,39,40). The van der Waals surface area contributed by atoms with Crippen molar-refractivity contribution < 1.29 is 47.7 Å². The summed E-state index contributed by atoms with van der Waals surface area (Å²) in [5.41, 5.74) is -0.213. The molecule has 0 aliphatic rings. The minimum absolute atomic E-state index is 0.0838. The van der Waals surface area contributed by atoms with Crippen molar-refractivity contribution in [3.8, 4) is 5.75 Å². The van der Waals surface area contributed by atoms with E-state index in [1.165, 1.54) is 60.7 Å². The van der Waals surface area contributed by atoms with Gasteiger partial charge in [0.1, 0.15) is 17.2 Å². The Morgan fingerprint density at radius 3 is 1.65 bits per heavy atom. The summed E-state index contributed by atoms with van der Waals surface area (Å²) in [7, 11) is 0. The van der Waals surface area contributed by atoms with E-state index in [0.717, 1.165) is 6.07 Å². The molecule has 0 fully saturated rings. The second kappa shape index (κ2) is 14.5. The molecule has 3 aromatic carbocycles. The van der Waals surface area contributed by atoms with Crippen molar-refractivity contribution in [1.29, 1.82) is 0 Å². The number of ether oxygens (including phenoxy) is 3. The zero-order chi connectivity index (χ0) is 34.2. The number of aliphatic carboxylic acids is 1. The summed E-state index contributed by atoms with van der Waals surface area (Å²) < 4.78 is 30.4. The SMILES string of the molecule is CC(C)(C)OC(=O)Nc1ccc(C(=O)NC(Cc2ccc(OC(=O)c3ccc(NC(=O)OC(C)(C)C)cc3)c(F)c2)C(=O)O)cc1. The average molecular weight is 638 g/mol. The number of rotatable bonds is 9. The molecule has 244 valence electrons. The van der Waals surface area contributed by atoms with Crippen LogP contribution >= 0.6 is 0 Å². The molecule has 0 saturated carbocycles. The lowest BCUT2D eigenvalue weighted by Gasteiger charge is -2.19. The van der Waals surface area contributed by atoms with Crippen LogP contribution in [-0.2, 0) is 20.7 Å². The molecule has 3 amide bonds. The predicted octanol–water partition coefficient (Wildman–Crippen LogP) is 6.16. The number of hydrogen-bond donors (Lipinski definition) is 4. The van der Waals surface area contributed by atoms with Crippen LogP contribution in [0.1, 0.15) is 67.8 Å². The number of carbonyl (C=O) groups is 5. The van der Waals surface area contributed by atoms with Gasteiger partial charge in [0.05, 0.1) is 5.56 Å². The smallest absolute Gasteiger partial charge is 0.412 e. The molecule has 1 atom stereocenters. The zero-order valence-corrected chi connectivity index (χ0v) is 26.2. The first-order valence-corrected chi connectivity index (χ1v) is 14.1. The first-order chi connectivity index (χ1) is 21.4. The van der Waals surface area contributed by atoms with Crippen LogP contribution in [0.5, 0.6) is 5.75 Å². The van der Waals surface area contributed by atoms with Crippen molar-refractivity contribution in [2.45, 2.75) is 65.2 Å². The van der Waals surface area contributed by atoms with Gasteiger partial charge in [0.25, 0.3) is 5.91 Å². The number of carboxylic acid groups (broad SMARTS) is 1. The highest BCUT2D eigenvalue weighted by Gasteiger charge is 2.23. The van der Waals surface area contributed by atoms with Gasteiger partial charge < -0.3 is 24.6 Å². The number of esters is 1. The Balaban J connectivity index is 1.59. The van der Waals surface area contributed by atoms with Gasteiger partial charge in [-0.2, -0.15) is 0 Å². The van der Waals surface area contributed by atoms with Crippen molar-refractivity contribution >= 4 is 41.4 Å². The molecular weight excluding hydrogens is 601 g/mol. The maximum atomic E-state index is 14.9. The van der Waals surface area contributed by atoms with Crippen LogP contribution in [0.2, 0.25) is 0 Å². The van der Waals surface area contributed by atoms with Crippen LogP contribution in [0.25, 0.3) is 0 Å². The highest BCUT2D eigenvalue weighted by molar-refractivity contribution is 5.97. The summed E-state index contributed by atoms with van der Waals surface area (Å²) in [5.74, 6) is -4.22. The number of carbonyl (C=O) groups excluding carboxylic acids is 4. The van der Waals surface area contributed by atoms with Crippen LogP contribution in [0.4, 0.5) is 25.4 Å². The molecule has 3 aromatic rings. The summed E-state index contributed by atoms with van der Waals surface area (Å²) in [4.78, 5) is 61.0. The van der Waals surface area contributed by atoms with Crippen LogP contribution in [0.3, 0.4) is 0 Å². The third-order valence-corrected chi connectivity index (χ3v) is 5.80. The second-order valence-electron chi connectivity index (χ2n) is 12.1. The molecule has 4 N–H and O–H groups in total. The lowest BCUT2D eigenvalue weighted by atomic mass is 10.0. The Labute approximate surface area is 265 Å². The molecule has 12 nitrogen and oxygen atoms in total. The van der Waals surface area contributed by atoms with Crippen molar-refractivity contribution in [2.75, 3.05) is 10.6 Å². The molecule has 0 aromatic heterocycles. The summed E-state index contributed by atoms with van der Waals surface area (Å²) in [6.45, 7) is 10.3. The number of anilines is 2. The van der Waals surface area contributed by atoms with E-state index in [9.17, 15) is 33.5 Å². The van der Waals surface area contributed by atoms with Crippen molar-refractivity contribution in [2.24, 2.45) is 0 Å². The van der Waals surface area contributed by atoms with E-state index in [-0.39, 0.29) is 28.9 Å². The van der Waals surface area contributed by atoms with Gasteiger partial charge in [0, 0.05) is 23.4 Å². The fourth-order valence-electron chi connectivity index (χ4n) is 3.83. The van der Waals surface area contributed by atoms with E-state index in [4.69, 9.17) is 14.2 Å². The Morgan fingerprint density at radius 1 is 0.739 bits per heavy atom. The van der Waals surface area contributed by atoms with Gasteiger partial charge >= 0.3 is 24.1 Å². The van der Waals surface area contributed by atoms with E-state index >= 15 is 0 Å². The molecule has 0 aliphatic carbocycles. The number of nitrogens with one attached hydrogen (secondary N) is 3. The molecule has 0 bridgehead atoms. The largest absolute Gasteiger partial charge is 0.480 e. The third-order valence-electron chi connectivity index (χ3n) is 5.80. The van der Waals surface area contributed by atoms with Gasteiger partial charge in [-0.1, -0.05) is 6.07 Å². The van der Waals surface area contributed by atoms with E-state index in [2.05, 4.69) is 16.0 Å². The van der Waals surface area contributed by atoms with E-state index < -0.39 is 53.1 Å². The van der Waals surface area contributed by atoms with Crippen LogP contribution in [-0.4, -0.2) is 52.4 Å². The van der Waals surface area contributed by atoms with E-state index in [1.807, 2.05) is 0 Å². The van der Waals surface area contributed by atoms with Crippen LogP contribution in [0.15, 0.2) is 66.7 Å². The molecule has 46 heavy (non-hydrogen) atoms. The van der Waals surface area contributed by atoms with Crippen molar-refractivity contribution in [1.82, 2.24) is 5.32 Å². The molecule has 1 unspecified atom stereocenters. The van der Waals surface area contributed by atoms with Gasteiger partial charge in [0.2, 0.25) is 0 Å². The maximum absolute atomic E-state index is 14.9. The first-order valence-electron chi connectivity index (χ1n) is 14.1. The van der Waals surface area contributed by atoms with Crippen LogP contribution in [0, 0.1) is 5.82 Å². The normalized spacial score (nSPS) is 11.9. The average Bonchev–Trinajstić information content (AvgIpc) is 2.92. The Kier molecular flexibility index (Phi) is 11.1. The quantitative estimate of drug-likeness (QED) is 0.158. The van der Waals surface area contributed by atoms with Crippen molar-refractivity contribution in [3.63, 3.8) is 0 Å². The highest BCUT2D eigenvalue weighted by Crippen LogP contribution is 2.22. The molecular formula is C33H36FN3O9. The van der Waals surface area contributed by atoms with E-state index in [0.29, 0.717) is 11.4 Å². The monoisotopic (exact) mass is 637 g/mol. The molecule has 0 heterocycles. The molecule has 3 rings (SSSR count). The number of amides is 3. The van der Waals surface area contributed by atoms with Crippen molar-refractivity contribution in [3.05, 3.63) is 89.2 Å². The predicted molar refractivity (Wildman–Crippen MR) is 167 cm³/mol. The van der Waals surface area contributed by atoms with Gasteiger partial charge in [0.15, 0.2) is 11.6 Å².